The van der Waals surface area contributed by atoms with Crippen molar-refractivity contribution in [2.24, 2.45) is 17.0 Å². The van der Waals surface area contributed by atoms with Gasteiger partial charge < -0.3 is 26.0 Å². The molecule has 4 rings (SSSR count). The number of aromatic nitrogens is 1. The summed E-state index contributed by atoms with van der Waals surface area (Å²) in [5.41, 5.74) is 2.05. The van der Waals surface area contributed by atoms with E-state index in [2.05, 4.69) is 26.1 Å². The molecule has 1 aromatic heterocycles. The van der Waals surface area contributed by atoms with E-state index in [0.29, 0.717) is 22.7 Å². The zero-order valence-corrected chi connectivity index (χ0v) is 33.9. The maximum Gasteiger partial charge on any atom is 0.318 e. The first-order valence-corrected chi connectivity index (χ1v) is 21.2. The zero-order chi connectivity index (χ0) is 40.1. The summed E-state index contributed by atoms with van der Waals surface area (Å²) < 4.78 is 29.6. The van der Waals surface area contributed by atoms with E-state index in [0.717, 1.165) is 31.2 Å². The van der Waals surface area contributed by atoms with Gasteiger partial charge in [-0.3, -0.25) is 9.59 Å². The molecule has 1 fully saturated rings. The molecule has 2 aromatic carbocycles. The van der Waals surface area contributed by atoms with Gasteiger partial charge in [0, 0.05) is 32.4 Å². The molecule has 4 amide bonds. The number of nitrogens with zero attached hydrogens (tertiary/aromatic N) is 4. The van der Waals surface area contributed by atoms with E-state index in [-0.39, 0.29) is 61.3 Å². The first-order valence-electron chi connectivity index (χ1n) is 18.8. The van der Waals surface area contributed by atoms with Crippen LogP contribution in [-0.4, -0.2) is 83.9 Å². The molecule has 300 valence electrons. The van der Waals surface area contributed by atoms with Gasteiger partial charge in [-0.05, 0) is 61.3 Å². The molecule has 0 unspecified atom stereocenters. The molecule has 16 heteroatoms. The molecule has 0 aliphatic heterocycles. The highest BCUT2D eigenvalue weighted by Gasteiger charge is 2.35. The third-order valence-corrected chi connectivity index (χ3v) is 13.0. The Morgan fingerprint density at radius 2 is 1.67 bits per heavy atom. The van der Waals surface area contributed by atoms with E-state index in [1.807, 2.05) is 56.5 Å². The highest BCUT2D eigenvalue weighted by atomic mass is 32.2. The summed E-state index contributed by atoms with van der Waals surface area (Å²) in [7, 11) is -2.48. The first-order chi connectivity index (χ1) is 26.2. The number of thiazole rings is 1. The van der Waals surface area contributed by atoms with Gasteiger partial charge in [0.2, 0.25) is 21.8 Å². The Kier molecular flexibility index (Phi) is 16.3. The SMILES string of the molecule is CC[C@H](C)[C@H](NC(=O)N(C)Cc1csc([C@H](C)NC(C)=O)n1)C(=O)N[C@@H](Cc1ccccc1)[C@H](O)CN(CC1CCCC1)S(=O)(=O)c1ccc(CN=O)cc1. The van der Waals surface area contributed by atoms with Gasteiger partial charge in [0.05, 0.1) is 35.3 Å². The standard InChI is InChI=1S/C39H55N7O7S2/c1-6-26(2)36(44-39(50)45(5)23-32-25-54-38(42-32)27(3)41-28(4)47)37(49)43-34(20-29-12-8-7-9-13-29)35(48)24-46(22-31-14-10-11-15-31)55(52,53)33-18-16-30(17-19-33)21-40-51/h7-9,12-13,16-19,25-27,31,34-36,48H,6,10-11,14-15,20-24H2,1-5H3,(H,41,47)(H,43,49)(H,44,50)/t26-,27-,34-,35+,36-/m0/s1. The van der Waals surface area contributed by atoms with Gasteiger partial charge >= 0.3 is 6.03 Å². The van der Waals surface area contributed by atoms with Gasteiger partial charge in [0.25, 0.3) is 0 Å². The molecule has 1 heterocycles. The van der Waals surface area contributed by atoms with Crippen LogP contribution in [0.3, 0.4) is 0 Å². The second kappa shape index (κ2) is 20.6. The van der Waals surface area contributed by atoms with Crippen LogP contribution in [0.25, 0.3) is 0 Å². The lowest BCUT2D eigenvalue weighted by atomic mass is 9.96. The molecule has 5 atom stereocenters. The predicted molar refractivity (Wildman–Crippen MR) is 212 cm³/mol. The molecular weight excluding hydrogens is 743 g/mol. The van der Waals surface area contributed by atoms with Gasteiger partial charge in [-0.25, -0.2) is 18.2 Å². The average Bonchev–Trinajstić information content (AvgIpc) is 3.86. The second-order valence-electron chi connectivity index (χ2n) is 14.5. The summed E-state index contributed by atoms with van der Waals surface area (Å²) in [6, 6.07) is 12.7. The van der Waals surface area contributed by atoms with Crippen LogP contribution in [0.2, 0.25) is 0 Å². The van der Waals surface area contributed by atoms with Crippen LogP contribution >= 0.6 is 11.3 Å². The molecule has 0 radical (unpaired) electrons. The molecule has 55 heavy (non-hydrogen) atoms. The van der Waals surface area contributed by atoms with E-state index in [1.165, 1.54) is 39.6 Å². The number of amides is 4. The summed E-state index contributed by atoms with van der Waals surface area (Å²) in [6.07, 6.45) is 3.22. The Labute approximate surface area is 328 Å². The number of nitrogens with one attached hydrogen (secondary N) is 3. The number of carbonyl (C=O) groups excluding carboxylic acids is 3. The van der Waals surface area contributed by atoms with E-state index in [1.54, 1.807) is 19.2 Å². The molecule has 1 aliphatic carbocycles. The summed E-state index contributed by atoms with van der Waals surface area (Å²) in [6.45, 7) is 7.08. The number of aliphatic hydroxyl groups excluding tert-OH is 1. The van der Waals surface area contributed by atoms with Crippen molar-refractivity contribution in [2.75, 3.05) is 20.1 Å². The molecular formula is C39H55N7O7S2. The quantitative estimate of drug-likeness (QED) is 0.113. The first kappa shape index (κ1) is 43.5. The number of aliphatic hydroxyl groups is 1. The van der Waals surface area contributed by atoms with Crippen molar-refractivity contribution in [1.82, 2.24) is 30.1 Å². The van der Waals surface area contributed by atoms with Crippen LogP contribution in [0.5, 0.6) is 0 Å². The lowest BCUT2D eigenvalue weighted by Gasteiger charge is -2.33. The van der Waals surface area contributed by atoms with Crippen LogP contribution in [0.4, 0.5) is 4.79 Å². The van der Waals surface area contributed by atoms with E-state index >= 15 is 0 Å². The Morgan fingerprint density at radius 3 is 2.29 bits per heavy atom. The smallest absolute Gasteiger partial charge is 0.318 e. The summed E-state index contributed by atoms with van der Waals surface area (Å²) in [5.74, 6) is -0.827. The van der Waals surface area contributed by atoms with Crippen molar-refractivity contribution in [3.63, 3.8) is 0 Å². The van der Waals surface area contributed by atoms with Gasteiger partial charge in [-0.15, -0.1) is 11.3 Å². The third kappa shape index (κ3) is 12.6. The van der Waals surface area contributed by atoms with Crippen molar-refractivity contribution in [3.8, 4) is 0 Å². The van der Waals surface area contributed by atoms with Crippen molar-refractivity contribution in [1.29, 1.82) is 0 Å². The minimum Gasteiger partial charge on any atom is -0.390 e. The predicted octanol–water partition coefficient (Wildman–Crippen LogP) is 5.13. The molecule has 0 bridgehead atoms. The minimum atomic E-state index is -4.08. The maximum atomic E-state index is 14.1. The lowest BCUT2D eigenvalue weighted by molar-refractivity contribution is -0.125. The number of urea groups is 1. The number of sulfonamides is 1. The van der Waals surface area contributed by atoms with Crippen molar-refractivity contribution < 1.29 is 27.9 Å². The normalized spacial score (nSPS) is 16.1. The fraction of sp³-hybridized carbons (Fsp3) is 0.538. The number of carbonyl (C=O) groups is 3. The van der Waals surface area contributed by atoms with Crippen LogP contribution in [0, 0.1) is 16.7 Å². The van der Waals surface area contributed by atoms with Crippen LogP contribution < -0.4 is 16.0 Å². The van der Waals surface area contributed by atoms with Crippen LogP contribution in [0.15, 0.2) is 70.0 Å². The molecule has 14 nitrogen and oxygen atoms in total. The number of hydrogen-bond acceptors (Lipinski definition) is 10. The molecule has 1 aliphatic rings. The maximum absolute atomic E-state index is 14.1. The van der Waals surface area contributed by atoms with Crippen LogP contribution in [-0.2, 0) is 39.1 Å². The Bertz CT molecular complexity index is 1820. The Hall–Kier alpha value is -4.25. The highest BCUT2D eigenvalue weighted by Crippen LogP contribution is 2.29. The van der Waals surface area contributed by atoms with Crippen LogP contribution in [0.1, 0.15) is 87.7 Å². The number of benzene rings is 2. The fourth-order valence-electron chi connectivity index (χ4n) is 6.72. The fourth-order valence-corrected chi connectivity index (χ4v) is 9.07. The topological polar surface area (TPSA) is 190 Å². The summed E-state index contributed by atoms with van der Waals surface area (Å²) >= 11 is 1.38. The number of nitroso groups, excluding NO2 is 1. The van der Waals surface area contributed by atoms with Crippen molar-refractivity contribution in [3.05, 3.63) is 86.7 Å². The lowest BCUT2D eigenvalue weighted by Crippen LogP contribution is -2.58. The largest absolute Gasteiger partial charge is 0.390 e. The molecule has 4 N–H and O–H groups in total. The highest BCUT2D eigenvalue weighted by molar-refractivity contribution is 7.89. The van der Waals surface area contributed by atoms with Crippen molar-refractivity contribution >= 4 is 39.2 Å². The summed E-state index contributed by atoms with van der Waals surface area (Å²) in [5, 5.41) is 26.0. The van der Waals surface area contributed by atoms with E-state index in [4.69, 9.17) is 0 Å². The average molecular weight is 798 g/mol. The van der Waals surface area contributed by atoms with E-state index < -0.39 is 40.1 Å². The minimum absolute atomic E-state index is 0.0378. The van der Waals surface area contributed by atoms with Gasteiger partial charge in [0.1, 0.15) is 17.6 Å². The molecule has 0 spiro atoms. The number of hydrogen-bond donors (Lipinski definition) is 4. The van der Waals surface area contributed by atoms with Gasteiger partial charge in [-0.1, -0.05) is 80.8 Å². The molecule has 3 aromatic rings. The van der Waals surface area contributed by atoms with Gasteiger partial charge in [-0.2, -0.15) is 9.21 Å². The zero-order valence-electron chi connectivity index (χ0n) is 32.3. The third-order valence-electron chi connectivity index (χ3n) is 10.1. The molecule has 0 saturated heterocycles. The summed E-state index contributed by atoms with van der Waals surface area (Å²) in [4.78, 5) is 55.9. The Balaban J connectivity index is 1.54. The second-order valence-corrected chi connectivity index (χ2v) is 17.4. The number of rotatable bonds is 20. The monoisotopic (exact) mass is 797 g/mol. The Morgan fingerprint density at radius 1 is 1.00 bits per heavy atom. The van der Waals surface area contributed by atoms with Crippen molar-refractivity contribution in [2.45, 2.75) is 108 Å². The van der Waals surface area contributed by atoms with E-state index in [9.17, 15) is 32.8 Å². The van der Waals surface area contributed by atoms with Gasteiger partial charge in [0.15, 0.2) is 0 Å². The molecule has 1 saturated carbocycles.